The number of fused-ring (bicyclic) bond motifs is 2. The standard InChI is InChI=1S/C24H35NO2.C23H33NO2/c1-3-4-5-6-7-8-9-10-11-14-19-25-24(26)22-18-17-20-15-12-13-16-21(20)23(22)27-2;1-2-3-4-5-6-7-8-9-10-13-18-24-23(26)21-17-16-19-14-11-12-15-20(19)22(21)25/h12-13,15-18H,3-11,14,19H2,1-2H3,(H,25,26);11-12,14-17,25H,2-10,13,18H2,1H3,(H,24,26). The molecule has 0 bridgehead atoms. The van der Waals surface area contributed by atoms with Gasteiger partial charge in [0.2, 0.25) is 0 Å². The number of benzene rings is 4. The summed E-state index contributed by atoms with van der Waals surface area (Å²) in [6.07, 6.45) is 25.8. The summed E-state index contributed by atoms with van der Waals surface area (Å²) in [5.74, 6) is 0.495. The van der Waals surface area contributed by atoms with Crippen molar-refractivity contribution >= 4 is 33.4 Å². The van der Waals surface area contributed by atoms with Crippen molar-refractivity contribution < 1.29 is 19.4 Å². The monoisotopic (exact) mass is 725 g/mol. The molecular formula is C47H68N2O4. The molecular weight excluding hydrogens is 657 g/mol. The van der Waals surface area contributed by atoms with E-state index in [2.05, 4.69) is 24.5 Å². The minimum absolute atomic E-state index is 0.0477. The Kier molecular flexibility index (Phi) is 21.8. The topological polar surface area (TPSA) is 87.7 Å². The molecule has 0 unspecified atom stereocenters. The number of carbonyl (C=O) groups excluding carboxylic acids is 2. The van der Waals surface area contributed by atoms with Gasteiger partial charge < -0.3 is 20.5 Å². The number of amides is 2. The highest BCUT2D eigenvalue weighted by molar-refractivity contribution is 6.04. The number of rotatable bonds is 25. The zero-order valence-electron chi connectivity index (χ0n) is 33.2. The second-order valence-corrected chi connectivity index (χ2v) is 14.4. The Morgan fingerprint density at radius 3 is 1.34 bits per heavy atom. The number of hydrogen-bond acceptors (Lipinski definition) is 4. The molecule has 0 aliphatic carbocycles. The highest BCUT2D eigenvalue weighted by Gasteiger charge is 2.15. The van der Waals surface area contributed by atoms with Crippen LogP contribution in [0.2, 0.25) is 0 Å². The van der Waals surface area contributed by atoms with Crippen LogP contribution in [-0.2, 0) is 0 Å². The normalized spacial score (nSPS) is 10.9. The van der Waals surface area contributed by atoms with Crippen LogP contribution in [0.25, 0.3) is 21.5 Å². The molecule has 6 nitrogen and oxygen atoms in total. The van der Waals surface area contributed by atoms with Crippen LogP contribution in [0.5, 0.6) is 11.5 Å². The molecule has 0 atom stereocenters. The molecule has 4 aromatic rings. The number of phenols is 1. The number of phenolic OH excluding ortho intramolecular Hbond substituents is 1. The van der Waals surface area contributed by atoms with Gasteiger partial charge in [-0.2, -0.15) is 0 Å². The lowest BCUT2D eigenvalue weighted by atomic mass is 10.0. The lowest BCUT2D eigenvalue weighted by Crippen LogP contribution is -2.25. The van der Waals surface area contributed by atoms with Gasteiger partial charge in [-0.1, -0.05) is 190 Å². The molecule has 4 rings (SSSR count). The van der Waals surface area contributed by atoms with Gasteiger partial charge in [0, 0.05) is 23.9 Å². The first kappa shape index (κ1) is 43.3. The third-order valence-electron chi connectivity index (χ3n) is 10.1. The van der Waals surface area contributed by atoms with E-state index in [9.17, 15) is 14.7 Å². The van der Waals surface area contributed by atoms with Crippen molar-refractivity contribution in [3.05, 3.63) is 83.9 Å². The number of methoxy groups -OCH3 is 1. The molecule has 0 aliphatic rings. The summed E-state index contributed by atoms with van der Waals surface area (Å²) in [5, 5.41) is 20.0. The summed E-state index contributed by atoms with van der Waals surface area (Å²) in [5.41, 5.74) is 0.971. The van der Waals surface area contributed by atoms with Gasteiger partial charge >= 0.3 is 0 Å². The van der Waals surface area contributed by atoms with Crippen molar-refractivity contribution in [2.45, 2.75) is 142 Å². The Bertz CT molecular complexity index is 1620. The molecule has 2 amide bonds. The molecule has 4 aromatic carbocycles. The second-order valence-electron chi connectivity index (χ2n) is 14.4. The van der Waals surface area contributed by atoms with E-state index in [1.807, 2.05) is 66.7 Å². The maximum absolute atomic E-state index is 12.5. The van der Waals surface area contributed by atoms with Crippen LogP contribution in [0, 0.1) is 0 Å². The van der Waals surface area contributed by atoms with Crippen molar-refractivity contribution in [1.82, 2.24) is 10.6 Å². The van der Waals surface area contributed by atoms with E-state index in [4.69, 9.17) is 4.74 Å². The lowest BCUT2D eigenvalue weighted by Gasteiger charge is -2.12. The third kappa shape index (κ3) is 15.8. The molecule has 0 spiro atoms. The van der Waals surface area contributed by atoms with Gasteiger partial charge in [0.1, 0.15) is 11.5 Å². The lowest BCUT2D eigenvalue weighted by molar-refractivity contribution is 0.0942. The Morgan fingerprint density at radius 2 is 0.868 bits per heavy atom. The number of unbranched alkanes of at least 4 members (excludes halogenated alkanes) is 18. The van der Waals surface area contributed by atoms with Crippen LogP contribution in [0.4, 0.5) is 0 Å². The highest BCUT2D eigenvalue weighted by atomic mass is 16.5. The zero-order chi connectivity index (χ0) is 37.9. The Hall–Kier alpha value is -4.06. The Morgan fingerprint density at radius 1 is 0.491 bits per heavy atom. The number of carbonyl (C=O) groups is 2. The first-order chi connectivity index (χ1) is 26.0. The summed E-state index contributed by atoms with van der Waals surface area (Å²) >= 11 is 0. The fourth-order valence-corrected chi connectivity index (χ4v) is 6.90. The average Bonchev–Trinajstić information content (AvgIpc) is 3.18. The maximum atomic E-state index is 12.5. The summed E-state index contributed by atoms with van der Waals surface area (Å²) in [7, 11) is 1.63. The molecule has 3 N–H and O–H groups in total. The van der Waals surface area contributed by atoms with Crippen LogP contribution in [0.1, 0.15) is 163 Å². The summed E-state index contributed by atoms with van der Waals surface area (Å²) in [6.45, 7) is 5.90. The molecule has 53 heavy (non-hydrogen) atoms. The molecule has 0 heterocycles. The SMILES string of the molecule is CCCCCCCCCCCCNC(=O)c1ccc2ccccc2c1O.CCCCCCCCCCCCNC(=O)c1ccc2ccccc2c1OC. The van der Waals surface area contributed by atoms with Gasteiger partial charge in [0.15, 0.2) is 0 Å². The maximum Gasteiger partial charge on any atom is 0.255 e. The minimum atomic E-state index is -0.191. The fourth-order valence-electron chi connectivity index (χ4n) is 6.90. The van der Waals surface area contributed by atoms with Crippen LogP contribution >= 0.6 is 0 Å². The van der Waals surface area contributed by atoms with Gasteiger partial charge in [0.25, 0.3) is 11.8 Å². The first-order valence-corrected chi connectivity index (χ1v) is 20.8. The Balaban J connectivity index is 0.000000286. The van der Waals surface area contributed by atoms with E-state index in [0.717, 1.165) is 47.4 Å². The predicted molar refractivity (Wildman–Crippen MR) is 224 cm³/mol. The van der Waals surface area contributed by atoms with Crippen LogP contribution in [-0.4, -0.2) is 37.1 Å². The van der Waals surface area contributed by atoms with Crippen molar-refractivity contribution in [3.8, 4) is 11.5 Å². The van der Waals surface area contributed by atoms with Gasteiger partial charge in [-0.3, -0.25) is 9.59 Å². The number of nitrogens with one attached hydrogen (secondary N) is 2. The number of aromatic hydroxyl groups is 1. The molecule has 0 aromatic heterocycles. The predicted octanol–water partition coefficient (Wildman–Crippen LogP) is 12.7. The average molecular weight is 725 g/mol. The van der Waals surface area contributed by atoms with E-state index < -0.39 is 0 Å². The molecule has 0 fully saturated rings. The van der Waals surface area contributed by atoms with Crippen LogP contribution < -0.4 is 15.4 Å². The van der Waals surface area contributed by atoms with Crippen LogP contribution in [0.3, 0.4) is 0 Å². The summed E-state index contributed by atoms with van der Waals surface area (Å²) in [6, 6.07) is 23.0. The third-order valence-corrected chi connectivity index (χ3v) is 10.1. The molecule has 0 aliphatic heterocycles. The quantitative estimate of drug-likeness (QED) is 0.0594. The minimum Gasteiger partial charge on any atom is -0.506 e. The van der Waals surface area contributed by atoms with Gasteiger partial charge in [0.05, 0.1) is 18.2 Å². The smallest absolute Gasteiger partial charge is 0.255 e. The summed E-state index contributed by atoms with van der Waals surface area (Å²) < 4.78 is 5.53. The zero-order valence-corrected chi connectivity index (χ0v) is 33.2. The number of hydrogen-bond donors (Lipinski definition) is 3. The molecule has 290 valence electrons. The van der Waals surface area contributed by atoms with Crippen molar-refractivity contribution in [1.29, 1.82) is 0 Å². The van der Waals surface area contributed by atoms with Crippen LogP contribution in [0.15, 0.2) is 72.8 Å². The van der Waals surface area contributed by atoms with Crippen molar-refractivity contribution in [2.24, 2.45) is 0 Å². The Labute approximate surface area is 320 Å². The number of ether oxygens (including phenoxy) is 1. The van der Waals surface area contributed by atoms with Crippen molar-refractivity contribution in [3.63, 3.8) is 0 Å². The van der Waals surface area contributed by atoms with E-state index in [1.54, 1.807) is 13.2 Å². The van der Waals surface area contributed by atoms with Gasteiger partial charge in [-0.05, 0) is 35.7 Å². The fraction of sp³-hybridized carbons (Fsp3) is 0.532. The van der Waals surface area contributed by atoms with Gasteiger partial charge in [-0.25, -0.2) is 0 Å². The highest BCUT2D eigenvalue weighted by Crippen LogP contribution is 2.30. The van der Waals surface area contributed by atoms with E-state index in [1.165, 1.54) is 109 Å². The van der Waals surface area contributed by atoms with Crippen molar-refractivity contribution in [2.75, 3.05) is 20.2 Å². The molecule has 0 saturated heterocycles. The molecule has 0 radical (unpaired) electrons. The molecule has 6 heteroatoms. The second kappa shape index (κ2) is 26.7. The van der Waals surface area contributed by atoms with E-state index in [-0.39, 0.29) is 17.6 Å². The van der Waals surface area contributed by atoms with Gasteiger partial charge in [-0.15, -0.1) is 0 Å². The summed E-state index contributed by atoms with van der Waals surface area (Å²) in [4.78, 5) is 24.8. The first-order valence-electron chi connectivity index (χ1n) is 20.8. The van der Waals surface area contributed by atoms with E-state index in [0.29, 0.717) is 23.4 Å². The largest absolute Gasteiger partial charge is 0.506 e. The molecule has 0 saturated carbocycles. The van der Waals surface area contributed by atoms with E-state index >= 15 is 0 Å².